The average molecular weight is 264 g/mol. The van der Waals surface area contributed by atoms with E-state index in [2.05, 4.69) is 32.1 Å². The van der Waals surface area contributed by atoms with Gasteiger partial charge in [-0.05, 0) is 0 Å². The monoisotopic (exact) mass is 263 g/mol. The maximum absolute atomic E-state index is 3.26. The van der Waals surface area contributed by atoms with Crippen LogP contribution >= 0.6 is 37.2 Å². The fraction of sp³-hybridized carbons (Fsp3) is 0.500. The van der Waals surface area contributed by atoms with Gasteiger partial charge in [-0.15, -0.1) is 43.6 Å². The summed E-state index contributed by atoms with van der Waals surface area (Å²) in [6, 6.07) is 0. The molecule has 0 aliphatic heterocycles. The molecule has 1 rings (SSSR count). The Kier molecular flexibility index (Phi) is 23.3. The van der Waals surface area contributed by atoms with Gasteiger partial charge in [0.25, 0.3) is 0 Å². The molecule has 0 aromatic heterocycles. The SMILES string of the molecule is CC(C)C1=[C-]CC=C1.Cl.Cl.Cl.[Ti]. The van der Waals surface area contributed by atoms with Gasteiger partial charge in [-0.25, -0.2) is 11.6 Å². The molecule has 0 unspecified atom stereocenters. The molecule has 12 heavy (non-hydrogen) atoms. The van der Waals surface area contributed by atoms with E-state index < -0.39 is 0 Å². The van der Waals surface area contributed by atoms with Crippen LogP contribution in [0.3, 0.4) is 0 Å². The first-order chi connectivity index (χ1) is 3.80. The molecule has 4 heteroatoms. The van der Waals surface area contributed by atoms with Gasteiger partial charge >= 0.3 is 0 Å². The van der Waals surface area contributed by atoms with Crippen molar-refractivity contribution in [2.24, 2.45) is 5.92 Å². The predicted molar refractivity (Wildman–Crippen MR) is 57.1 cm³/mol. The van der Waals surface area contributed by atoms with Gasteiger partial charge in [-0.2, -0.15) is 6.08 Å². The molecule has 0 bridgehead atoms. The van der Waals surface area contributed by atoms with Crippen LogP contribution < -0.4 is 0 Å². The van der Waals surface area contributed by atoms with Gasteiger partial charge in [0.1, 0.15) is 0 Å². The fourth-order valence-corrected chi connectivity index (χ4v) is 0.818. The van der Waals surface area contributed by atoms with Gasteiger partial charge < -0.3 is 0 Å². The van der Waals surface area contributed by atoms with E-state index in [0.29, 0.717) is 5.92 Å². The quantitative estimate of drug-likeness (QED) is 0.501. The van der Waals surface area contributed by atoms with Crippen molar-refractivity contribution in [1.29, 1.82) is 0 Å². The molecule has 0 aromatic rings. The van der Waals surface area contributed by atoms with Crippen LogP contribution in [0.2, 0.25) is 0 Å². The molecule has 0 radical (unpaired) electrons. The summed E-state index contributed by atoms with van der Waals surface area (Å²) in [5.41, 5.74) is 1.37. The van der Waals surface area contributed by atoms with E-state index in [9.17, 15) is 0 Å². The molecular weight excluding hydrogens is 250 g/mol. The molecule has 0 nitrogen and oxygen atoms in total. The summed E-state index contributed by atoms with van der Waals surface area (Å²) >= 11 is 0. The summed E-state index contributed by atoms with van der Waals surface area (Å²) in [7, 11) is 0. The van der Waals surface area contributed by atoms with Crippen LogP contribution in [0.5, 0.6) is 0 Å². The third kappa shape index (κ3) is 7.70. The van der Waals surface area contributed by atoms with Crippen LogP contribution in [0.1, 0.15) is 20.3 Å². The topological polar surface area (TPSA) is 0 Å². The molecule has 0 saturated carbocycles. The number of hydrogen-bond donors (Lipinski definition) is 0. The summed E-state index contributed by atoms with van der Waals surface area (Å²) in [5, 5.41) is 0. The van der Waals surface area contributed by atoms with E-state index in [0.717, 1.165) is 6.42 Å². The van der Waals surface area contributed by atoms with Crippen molar-refractivity contribution in [3.63, 3.8) is 0 Å². The molecule has 1 aliphatic rings. The maximum atomic E-state index is 3.26. The van der Waals surface area contributed by atoms with Gasteiger partial charge in [-0.1, -0.05) is 19.8 Å². The molecule has 0 heterocycles. The second-order valence-corrected chi connectivity index (χ2v) is 2.39. The first-order valence-electron chi connectivity index (χ1n) is 3.08. The number of rotatable bonds is 1. The first kappa shape index (κ1) is 23.1. The molecule has 72 valence electrons. The van der Waals surface area contributed by atoms with Crippen molar-refractivity contribution < 1.29 is 21.7 Å². The second kappa shape index (κ2) is 12.1. The van der Waals surface area contributed by atoms with E-state index in [1.165, 1.54) is 5.57 Å². The Bertz CT molecular complexity index is 141. The van der Waals surface area contributed by atoms with Crippen molar-refractivity contribution in [3.05, 3.63) is 23.8 Å². The van der Waals surface area contributed by atoms with Crippen molar-refractivity contribution in [2.75, 3.05) is 0 Å². The van der Waals surface area contributed by atoms with Crippen molar-refractivity contribution in [1.82, 2.24) is 0 Å². The van der Waals surface area contributed by atoms with Gasteiger partial charge in [0, 0.05) is 21.7 Å². The average Bonchev–Trinajstić information content (AvgIpc) is 2.12. The number of halogens is 3. The molecular formula is C8H14Cl3Ti-. The van der Waals surface area contributed by atoms with Crippen LogP contribution in [0.4, 0.5) is 0 Å². The van der Waals surface area contributed by atoms with Crippen LogP contribution in [-0.2, 0) is 21.7 Å². The first-order valence-corrected chi connectivity index (χ1v) is 3.08. The number of allylic oxidation sites excluding steroid dienone is 4. The van der Waals surface area contributed by atoms with Gasteiger partial charge in [-0.3, -0.25) is 6.08 Å². The molecule has 0 fully saturated rings. The molecule has 0 atom stereocenters. The van der Waals surface area contributed by atoms with Gasteiger partial charge in [0.2, 0.25) is 0 Å². The van der Waals surface area contributed by atoms with Crippen molar-refractivity contribution in [2.45, 2.75) is 20.3 Å². The minimum atomic E-state index is 0. The Morgan fingerprint density at radius 2 is 1.75 bits per heavy atom. The van der Waals surface area contributed by atoms with E-state index in [-0.39, 0.29) is 58.9 Å². The zero-order chi connectivity index (χ0) is 5.98. The number of hydrogen-bond acceptors (Lipinski definition) is 0. The maximum Gasteiger partial charge on any atom is 0 e. The summed E-state index contributed by atoms with van der Waals surface area (Å²) in [6.07, 6.45) is 8.59. The fourth-order valence-electron chi connectivity index (χ4n) is 0.818. The Morgan fingerprint density at radius 1 is 1.25 bits per heavy atom. The van der Waals surface area contributed by atoms with Gasteiger partial charge in [0.15, 0.2) is 0 Å². The zero-order valence-corrected chi connectivity index (χ0v) is 11.2. The molecule has 0 N–H and O–H groups in total. The van der Waals surface area contributed by atoms with E-state index in [1.54, 1.807) is 0 Å². The minimum Gasteiger partial charge on any atom is -0.269 e. The smallest absolute Gasteiger partial charge is 0 e. The Morgan fingerprint density at radius 3 is 1.92 bits per heavy atom. The van der Waals surface area contributed by atoms with E-state index in [1.807, 2.05) is 0 Å². The predicted octanol–water partition coefficient (Wildman–Crippen LogP) is 3.59. The molecule has 0 saturated heterocycles. The Labute approximate surface area is 108 Å². The third-order valence-electron chi connectivity index (χ3n) is 1.34. The van der Waals surface area contributed by atoms with Crippen LogP contribution in [0, 0.1) is 12.0 Å². The van der Waals surface area contributed by atoms with Crippen molar-refractivity contribution in [3.8, 4) is 0 Å². The van der Waals surface area contributed by atoms with Crippen LogP contribution in [0.25, 0.3) is 0 Å². The second-order valence-electron chi connectivity index (χ2n) is 2.39. The zero-order valence-electron chi connectivity index (χ0n) is 7.16. The van der Waals surface area contributed by atoms with E-state index >= 15 is 0 Å². The summed E-state index contributed by atoms with van der Waals surface area (Å²) < 4.78 is 0. The molecule has 0 aromatic carbocycles. The third-order valence-corrected chi connectivity index (χ3v) is 1.34. The molecule has 1 aliphatic carbocycles. The minimum absolute atomic E-state index is 0. The summed E-state index contributed by atoms with van der Waals surface area (Å²) in [4.78, 5) is 0. The van der Waals surface area contributed by atoms with Gasteiger partial charge in [0.05, 0.1) is 0 Å². The van der Waals surface area contributed by atoms with Crippen LogP contribution in [-0.4, -0.2) is 0 Å². The van der Waals surface area contributed by atoms with Crippen LogP contribution in [0.15, 0.2) is 17.7 Å². The standard InChI is InChI=1S/C8H11.3ClH.Ti/c1-7(2)8-5-3-4-6-8;;;;/h3,5,7H,4H2,1-2H3;3*1H;/q-1;;;;. The van der Waals surface area contributed by atoms with E-state index in [4.69, 9.17) is 0 Å². The molecule has 0 amide bonds. The summed E-state index contributed by atoms with van der Waals surface area (Å²) in [6.45, 7) is 4.38. The normalized spacial score (nSPS) is 11.8. The largest absolute Gasteiger partial charge is 0.269 e. The Balaban J connectivity index is -0.0000000800. The summed E-state index contributed by atoms with van der Waals surface area (Å²) in [5.74, 6) is 0.661. The molecule has 0 spiro atoms. The Hall–Kier alpha value is 1.06. The van der Waals surface area contributed by atoms with Crippen molar-refractivity contribution >= 4 is 37.2 Å².